The lowest BCUT2D eigenvalue weighted by Crippen LogP contribution is -2.57. The molecule has 2 aliphatic rings. The highest BCUT2D eigenvalue weighted by Crippen LogP contribution is 2.24. The zero-order valence-corrected chi connectivity index (χ0v) is 61.8. The summed E-state index contributed by atoms with van der Waals surface area (Å²) in [7, 11) is 1.63. The Kier molecular flexibility index (Phi) is 49.4. The van der Waals surface area contributed by atoms with Gasteiger partial charge in [0.2, 0.25) is 59.1 Å². The third-order valence-electron chi connectivity index (χ3n) is 14.5. The van der Waals surface area contributed by atoms with E-state index in [1.54, 1.807) is 20.8 Å². The highest BCUT2D eigenvalue weighted by atomic mass is 33.1. The molecule has 0 aromatic rings. The Bertz CT molecular complexity index is 2850. The van der Waals surface area contributed by atoms with E-state index in [-0.39, 0.29) is 135 Å². The fourth-order valence-corrected chi connectivity index (χ4v) is 11.7. The maximum Gasteiger partial charge on any atom is 0.407 e. The Morgan fingerprint density at radius 2 is 1.06 bits per heavy atom. The number of carboxylic acid groups (broad SMARTS) is 3. The topological polar surface area (TPSA) is 571 Å². The van der Waals surface area contributed by atoms with Crippen molar-refractivity contribution in [2.75, 3.05) is 156 Å². The average Bonchev–Trinajstić information content (AvgIpc) is 1.66. The van der Waals surface area contributed by atoms with Crippen LogP contribution in [0.25, 0.3) is 0 Å². The van der Waals surface area contributed by atoms with Gasteiger partial charge in [0.05, 0.1) is 132 Å². The molecule has 40 nitrogen and oxygen atoms in total. The molecule has 0 spiro atoms. The van der Waals surface area contributed by atoms with Gasteiger partial charge in [0.25, 0.3) is 0 Å². The number of ether oxygens (including phenoxy) is 9. The molecular weight excluding hydrogens is 1440 g/mol. The molecule has 0 aliphatic carbocycles. The van der Waals surface area contributed by atoms with E-state index in [1.165, 1.54) is 0 Å². The number of terminal acetylenes is 1. The normalized spacial score (nSPS) is 20.0. The average molecular weight is 1550 g/mol. The summed E-state index contributed by atoms with van der Waals surface area (Å²) in [5, 5.41) is 54.0. The van der Waals surface area contributed by atoms with Crippen LogP contribution in [0.4, 0.5) is 4.79 Å². The van der Waals surface area contributed by atoms with Crippen LogP contribution in [0.15, 0.2) is 4.99 Å². The maximum atomic E-state index is 14.2. The number of carboxylic acids is 3. The molecule has 42 heteroatoms. The van der Waals surface area contributed by atoms with Crippen molar-refractivity contribution in [3.05, 3.63) is 0 Å². The summed E-state index contributed by atoms with van der Waals surface area (Å²) >= 11 is 0. The molecular formula is C64H106N14O26S2. The van der Waals surface area contributed by atoms with Crippen LogP contribution in [0.2, 0.25) is 0 Å². The minimum absolute atomic E-state index is 0.00724. The zero-order chi connectivity index (χ0) is 78.5. The van der Waals surface area contributed by atoms with Gasteiger partial charge < -0.3 is 127 Å². The molecule has 2 heterocycles. The maximum absolute atomic E-state index is 14.2. The largest absolute Gasteiger partial charge is 0.481 e. The lowest BCUT2D eigenvalue weighted by atomic mass is 10.1. The van der Waals surface area contributed by atoms with Gasteiger partial charge in [-0.2, -0.15) is 0 Å². The number of nitrogens with one attached hydrogen (secondary N) is 10. The number of guanidine groups is 1. The summed E-state index contributed by atoms with van der Waals surface area (Å²) < 4.78 is 49.2. The SMILES string of the molecule is C#CCCC(=O)NCCOCCOCCOCCOCCOCCOCCOCCOCCC(=O)N[C@H]1CSSC[C@@H](C(=O)O)NC(=O)[C@H](CC(=O)O)NC(=O)[C@@H]2CCCN2C(=O)CNC(=O)[C@H](CCCCNC(=O)OC(C)(C)C)NC(=O)[C@H](CC(=O)O)NC(=O)CNC(=O)[C@H](CCCN=C(N)N)NC1=O. The van der Waals surface area contributed by atoms with Gasteiger partial charge in [-0.3, -0.25) is 62.5 Å². The summed E-state index contributed by atoms with van der Waals surface area (Å²) in [5.41, 5.74) is 10.2. The lowest BCUT2D eigenvalue weighted by molar-refractivity contribution is -0.144. The first-order chi connectivity index (χ1) is 50.6. The second-order valence-corrected chi connectivity index (χ2v) is 26.9. The minimum atomic E-state index is -1.90. The van der Waals surface area contributed by atoms with Gasteiger partial charge in [0, 0.05) is 56.9 Å². The number of carbonyl (C=O) groups is 14. The fourth-order valence-electron chi connectivity index (χ4n) is 9.33. The molecule has 17 N–H and O–H groups in total. The van der Waals surface area contributed by atoms with Crippen molar-refractivity contribution in [2.24, 2.45) is 16.5 Å². The van der Waals surface area contributed by atoms with Crippen LogP contribution >= 0.6 is 21.6 Å². The quantitative estimate of drug-likeness (QED) is 0.00897. The summed E-state index contributed by atoms with van der Waals surface area (Å²) in [6.45, 7) is 7.92. The number of fused-ring (bicyclic) bond motifs is 1. The molecule has 11 amide bonds. The van der Waals surface area contributed by atoms with E-state index in [9.17, 15) is 82.4 Å². The van der Waals surface area contributed by atoms with E-state index >= 15 is 0 Å². The second-order valence-electron chi connectivity index (χ2n) is 24.3. The summed E-state index contributed by atoms with van der Waals surface area (Å²) in [6.07, 6.45) is 2.84. The van der Waals surface area contributed by atoms with Crippen LogP contribution in [0.3, 0.4) is 0 Å². The molecule has 2 saturated heterocycles. The van der Waals surface area contributed by atoms with Crippen molar-refractivity contribution in [1.29, 1.82) is 0 Å². The first kappa shape index (κ1) is 93.7. The van der Waals surface area contributed by atoms with Crippen molar-refractivity contribution in [1.82, 2.24) is 58.1 Å². The van der Waals surface area contributed by atoms with E-state index in [0.29, 0.717) is 79.0 Å². The number of carbonyl (C=O) groups excluding carboxylic acids is 11. The fraction of sp³-hybridized carbons (Fsp3) is 0.734. The minimum Gasteiger partial charge on any atom is -0.481 e. The number of hydrogen-bond donors (Lipinski definition) is 15. The Hall–Kier alpha value is -8.41. The molecule has 0 unspecified atom stereocenters. The Morgan fingerprint density at radius 3 is 1.58 bits per heavy atom. The zero-order valence-electron chi connectivity index (χ0n) is 60.2. The molecule has 0 bridgehead atoms. The molecule has 0 radical (unpaired) electrons. The second kappa shape index (κ2) is 56.0. The van der Waals surface area contributed by atoms with Crippen LogP contribution in [-0.2, 0) is 105 Å². The number of alkyl carbamates (subject to hydrolysis) is 1. The van der Waals surface area contributed by atoms with Crippen molar-refractivity contribution in [3.63, 3.8) is 0 Å². The van der Waals surface area contributed by atoms with E-state index in [0.717, 1.165) is 26.5 Å². The third kappa shape index (κ3) is 45.8. The van der Waals surface area contributed by atoms with E-state index in [4.69, 9.17) is 60.5 Å². The number of nitrogens with zero attached hydrogens (tertiary/aromatic N) is 2. The lowest BCUT2D eigenvalue weighted by Gasteiger charge is -2.27. The van der Waals surface area contributed by atoms with Crippen LogP contribution in [0, 0.1) is 12.3 Å². The third-order valence-corrected chi connectivity index (χ3v) is 16.9. The first-order valence-electron chi connectivity index (χ1n) is 34.5. The van der Waals surface area contributed by atoms with Gasteiger partial charge in [-0.05, 0) is 65.7 Å². The van der Waals surface area contributed by atoms with Crippen molar-refractivity contribution in [3.8, 4) is 12.3 Å². The summed E-state index contributed by atoms with van der Waals surface area (Å²) in [6, 6.07) is -11.4. The Labute approximate surface area is 622 Å². The number of unbranched alkanes of at least 4 members (excludes halogenated alkanes) is 1. The molecule has 2 rings (SSSR count). The highest BCUT2D eigenvalue weighted by Gasteiger charge is 2.38. The molecule has 0 aromatic carbocycles. The molecule has 2 fully saturated rings. The summed E-state index contributed by atoms with van der Waals surface area (Å²) in [4.78, 5) is 190. The highest BCUT2D eigenvalue weighted by molar-refractivity contribution is 8.76. The van der Waals surface area contributed by atoms with Gasteiger partial charge in [-0.1, -0.05) is 21.6 Å². The molecule has 600 valence electrons. The van der Waals surface area contributed by atoms with Gasteiger partial charge in [0.1, 0.15) is 47.9 Å². The monoisotopic (exact) mass is 1550 g/mol. The van der Waals surface area contributed by atoms with Gasteiger partial charge in [-0.15, -0.1) is 12.3 Å². The van der Waals surface area contributed by atoms with Crippen LogP contribution in [0.5, 0.6) is 0 Å². The van der Waals surface area contributed by atoms with Crippen molar-refractivity contribution >= 4 is 111 Å². The van der Waals surface area contributed by atoms with E-state index in [2.05, 4.69) is 64.1 Å². The molecule has 7 atom stereocenters. The standard InChI is InChI=1S/C64H106N14O26S2/c1-5-6-14-49(79)67-18-21-97-23-25-99-27-29-101-31-33-103-35-34-102-32-30-100-28-26-98-24-22-96-20-15-50(80)73-46-40-105-106-41-47(61(93)94)77-58(90)45(37-54(85)86)76-60(92)48-13-10-19-78(48)52(82)39-71-56(88)42(11-7-8-16-69-63(95)104-64(2,3)4)74-57(89)44(36-53(83)84)72-51(81)38-70-55(87)43(75-59(46)91)12-9-17-68-62(65)66/h1,42-48H,6-41H2,2-4H3,(H,67,79)(H,69,95)(H,70,87)(H,71,88)(H,72,81)(H,73,80)(H,74,89)(H,75,91)(H,76,92)(H,77,90)(H,83,84)(H,85,86)(H,93,94)(H4,65,66,68)/t42-,43-,44-,45-,46-,47-,48-/m0/s1. The molecule has 106 heavy (non-hydrogen) atoms. The van der Waals surface area contributed by atoms with E-state index < -0.39 is 157 Å². The van der Waals surface area contributed by atoms with Crippen molar-refractivity contribution < 1.29 is 125 Å². The van der Waals surface area contributed by atoms with Crippen LogP contribution < -0.4 is 64.6 Å². The molecule has 0 aromatic heterocycles. The van der Waals surface area contributed by atoms with Crippen LogP contribution in [-0.4, -0.2) is 314 Å². The van der Waals surface area contributed by atoms with Gasteiger partial charge in [-0.25, -0.2) is 9.59 Å². The number of aliphatic carboxylic acids is 3. The van der Waals surface area contributed by atoms with Gasteiger partial charge in [0.15, 0.2) is 5.96 Å². The smallest absolute Gasteiger partial charge is 0.407 e. The predicted molar refractivity (Wildman–Crippen MR) is 380 cm³/mol. The number of rotatable bonds is 44. The predicted octanol–water partition coefficient (Wildman–Crippen LogP) is -4.65. The number of nitrogens with two attached hydrogens (primary N) is 2. The molecule has 2 aliphatic heterocycles. The number of aliphatic imine (C=N–C) groups is 1. The number of hydrogen-bond acceptors (Lipinski definition) is 26. The summed E-state index contributed by atoms with van der Waals surface area (Å²) in [5.74, 6) is -12.7. The number of amides is 11. The Balaban J connectivity index is 2.16. The van der Waals surface area contributed by atoms with Crippen LogP contribution in [0.1, 0.15) is 97.8 Å². The van der Waals surface area contributed by atoms with Crippen molar-refractivity contribution in [2.45, 2.75) is 146 Å². The first-order valence-corrected chi connectivity index (χ1v) is 37.0. The van der Waals surface area contributed by atoms with Gasteiger partial charge >= 0.3 is 24.0 Å². The molecule has 0 saturated carbocycles. The van der Waals surface area contributed by atoms with E-state index in [1.807, 2.05) is 0 Å². The Morgan fingerprint density at radius 1 is 0.566 bits per heavy atom.